The van der Waals surface area contributed by atoms with Gasteiger partial charge in [-0.15, -0.1) is 0 Å². The standard InChI is InChI=1S/C9H8N4O4/c10-3-6-9(12-2-1-11-6)13(4-7(14)15)5-8(16)17/h1-2H,4-5H2,(H,14,15)(H,16,17). The van der Waals surface area contributed by atoms with E-state index in [-0.39, 0.29) is 11.5 Å². The molecular formula is C9H8N4O4. The topological polar surface area (TPSA) is 127 Å². The van der Waals surface area contributed by atoms with Gasteiger partial charge in [0.15, 0.2) is 11.5 Å². The zero-order chi connectivity index (χ0) is 12.8. The third kappa shape index (κ3) is 3.42. The maximum Gasteiger partial charge on any atom is 0.323 e. The van der Waals surface area contributed by atoms with Crippen LogP contribution in [0.3, 0.4) is 0 Å². The van der Waals surface area contributed by atoms with Gasteiger partial charge in [-0.2, -0.15) is 5.26 Å². The second-order valence-electron chi connectivity index (χ2n) is 2.98. The number of nitriles is 1. The van der Waals surface area contributed by atoms with E-state index in [1.165, 1.54) is 12.4 Å². The van der Waals surface area contributed by atoms with Crippen molar-refractivity contribution in [2.24, 2.45) is 0 Å². The summed E-state index contributed by atoms with van der Waals surface area (Å²) in [4.78, 5) is 29.6. The molecule has 8 nitrogen and oxygen atoms in total. The molecule has 0 atom stereocenters. The molecule has 8 heteroatoms. The van der Waals surface area contributed by atoms with Crippen LogP contribution in [0.4, 0.5) is 5.82 Å². The molecule has 0 unspecified atom stereocenters. The number of aliphatic carboxylic acids is 2. The second-order valence-corrected chi connectivity index (χ2v) is 2.98. The normalized spacial score (nSPS) is 9.35. The molecule has 0 amide bonds. The largest absolute Gasteiger partial charge is 0.480 e. The first kappa shape index (κ1) is 12.4. The van der Waals surface area contributed by atoms with Gasteiger partial charge in [-0.1, -0.05) is 0 Å². The number of rotatable bonds is 5. The third-order valence-electron chi connectivity index (χ3n) is 1.74. The van der Waals surface area contributed by atoms with Crippen molar-refractivity contribution in [1.82, 2.24) is 9.97 Å². The van der Waals surface area contributed by atoms with Gasteiger partial charge in [-0.3, -0.25) is 9.59 Å². The molecule has 1 aromatic rings. The van der Waals surface area contributed by atoms with Crippen LogP contribution in [0.25, 0.3) is 0 Å². The van der Waals surface area contributed by atoms with E-state index in [0.717, 1.165) is 4.90 Å². The molecule has 0 bridgehead atoms. The van der Waals surface area contributed by atoms with Gasteiger partial charge in [0.05, 0.1) is 0 Å². The highest BCUT2D eigenvalue weighted by molar-refractivity contribution is 5.79. The van der Waals surface area contributed by atoms with E-state index < -0.39 is 25.0 Å². The van der Waals surface area contributed by atoms with Gasteiger partial charge >= 0.3 is 11.9 Å². The van der Waals surface area contributed by atoms with Crippen LogP contribution in [0.5, 0.6) is 0 Å². The van der Waals surface area contributed by atoms with E-state index in [1.54, 1.807) is 6.07 Å². The molecule has 1 heterocycles. The van der Waals surface area contributed by atoms with Gasteiger partial charge in [-0.25, -0.2) is 9.97 Å². The SMILES string of the molecule is N#Cc1nccnc1N(CC(=O)O)CC(=O)O. The predicted octanol–water partition coefficient (Wildman–Crippen LogP) is -0.676. The molecular weight excluding hydrogens is 228 g/mol. The lowest BCUT2D eigenvalue weighted by atomic mass is 10.3. The molecule has 0 aromatic carbocycles. The summed E-state index contributed by atoms with van der Waals surface area (Å²) in [5, 5.41) is 26.1. The van der Waals surface area contributed by atoms with Gasteiger partial charge < -0.3 is 15.1 Å². The fraction of sp³-hybridized carbons (Fsp3) is 0.222. The molecule has 0 aliphatic rings. The average molecular weight is 236 g/mol. The molecule has 2 N–H and O–H groups in total. The molecule has 0 radical (unpaired) electrons. The zero-order valence-corrected chi connectivity index (χ0v) is 8.57. The second kappa shape index (κ2) is 5.41. The Morgan fingerprint density at radius 3 is 2.24 bits per heavy atom. The van der Waals surface area contributed by atoms with Crippen molar-refractivity contribution in [3.63, 3.8) is 0 Å². The first-order valence-corrected chi connectivity index (χ1v) is 4.44. The van der Waals surface area contributed by atoms with Crippen LogP contribution >= 0.6 is 0 Å². The van der Waals surface area contributed by atoms with Crippen molar-refractivity contribution in [3.8, 4) is 6.07 Å². The first-order chi connectivity index (χ1) is 8.04. The van der Waals surface area contributed by atoms with Gasteiger partial charge in [-0.05, 0) is 0 Å². The quantitative estimate of drug-likeness (QED) is 0.688. The summed E-state index contributed by atoms with van der Waals surface area (Å²) in [5.74, 6) is -2.50. The number of aromatic nitrogens is 2. The number of nitrogens with zero attached hydrogens (tertiary/aromatic N) is 4. The van der Waals surface area contributed by atoms with E-state index in [1.807, 2.05) is 0 Å². The molecule has 1 aromatic heterocycles. The summed E-state index contributed by atoms with van der Waals surface area (Å²) in [6.45, 7) is -1.14. The lowest BCUT2D eigenvalue weighted by Gasteiger charge is -2.19. The monoisotopic (exact) mass is 236 g/mol. The first-order valence-electron chi connectivity index (χ1n) is 4.44. The molecule has 0 saturated carbocycles. The average Bonchev–Trinajstić information content (AvgIpc) is 2.27. The molecule has 1 rings (SSSR count). The summed E-state index contributed by atoms with van der Waals surface area (Å²) >= 11 is 0. The predicted molar refractivity (Wildman–Crippen MR) is 54.2 cm³/mol. The van der Waals surface area contributed by atoms with E-state index in [0.29, 0.717) is 0 Å². The Morgan fingerprint density at radius 2 is 1.76 bits per heavy atom. The smallest absolute Gasteiger partial charge is 0.323 e. The Kier molecular flexibility index (Phi) is 3.94. The highest BCUT2D eigenvalue weighted by Crippen LogP contribution is 2.13. The van der Waals surface area contributed by atoms with Crippen LogP contribution in [0, 0.1) is 11.3 Å². The Balaban J connectivity index is 3.07. The fourth-order valence-corrected chi connectivity index (χ4v) is 1.17. The molecule has 0 fully saturated rings. The minimum absolute atomic E-state index is 0.0557. The van der Waals surface area contributed by atoms with Crippen molar-refractivity contribution < 1.29 is 19.8 Å². The maximum atomic E-state index is 10.6. The Labute approximate surface area is 95.8 Å². The number of hydrogen-bond donors (Lipinski definition) is 2. The van der Waals surface area contributed by atoms with Crippen molar-refractivity contribution in [2.45, 2.75) is 0 Å². The van der Waals surface area contributed by atoms with E-state index in [9.17, 15) is 9.59 Å². The van der Waals surface area contributed by atoms with Crippen LogP contribution in [0.1, 0.15) is 5.69 Å². The Bertz CT molecular complexity index is 466. The zero-order valence-electron chi connectivity index (χ0n) is 8.57. The Morgan fingerprint density at radius 1 is 1.24 bits per heavy atom. The summed E-state index contributed by atoms with van der Waals surface area (Å²) in [6.07, 6.45) is 2.52. The summed E-state index contributed by atoms with van der Waals surface area (Å²) < 4.78 is 0. The van der Waals surface area contributed by atoms with Crippen molar-refractivity contribution >= 4 is 17.8 Å². The number of hydrogen-bond acceptors (Lipinski definition) is 6. The lowest BCUT2D eigenvalue weighted by molar-refractivity contribution is -0.136. The van der Waals surface area contributed by atoms with E-state index in [4.69, 9.17) is 15.5 Å². The minimum atomic E-state index is -1.22. The molecule has 88 valence electrons. The van der Waals surface area contributed by atoms with Gasteiger partial charge in [0.2, 0.25) is 0 Å². The minimum Gasteiger partial charge on any atom is -0.480 e. The number of anilines is 1. The van der Waals surface area contributed by atoms with Gasteiger partial charge in [0, 0.05) is 12.4 Å². The van der Waals surface area contributed by atoms with E-state index >= 15 is 0 Å². The van der Waals surface area contributed by atoms with Crippen molar-refractivity contribution in [2.75, 3.05) is 18.0 Å². The summed E-state index contributed by atoms with van der Waals surface area (Å²) in [5.41, 5.74) is -0.116. The highest BCUT2D eigenvalue weighted by Gasteiger charge is 2.19. The maximum absolute atomic E-state index is 10.6. The number of carboxylic acids is 2. The van der Waals surface area contributed by atoms with Crippen LogP contribution < -0.4 is 4.90 Å². The third-order valence-corrected chi connectivity index (χ3v) is 1.74. The molecule has 0 saturated heterocycles. The van der Waals surface area contributed by atoms with Crippen LogP contribution in [0.15, 0.2) is 12.4 Å². The lowest BCUT2D eigenvalue weighted by Crippen LogP contribution is -2.35. The van der Waals surface area contributed by atoms with Gasteiger partial charge in [0.25, 0.3) is 0 Å². The summed E-state index contributed by atoms with van der Waals surface area (Å²) in [7, 11) is 0. The highest BCUT2D eigenvalue weighted by atomic mass is 16.4. The van der Waals surface area contributed by atoms with Crippen LogP contribution in [0.2, 0.25) is 0 Å². The molecule has 0 spiro atoms. The van der Waals surface area contributed by atoms with Gasteiger partial charge in [0.1, 0.15) is 19.2 Å². The number of carbonyl (C=O) groups is 2. The van der Waals surface area contributed by atoms with Crippen LogP contribution in [-0.4, -0.2) is 45.2 Å². The Hall–Kier alpha value is -2.69. The van der Waals surface area contributed by atoms with Crippen LogP contribution in [-0.2, 0) is 9.59 Å². The van der Waals surface area contributed by atoms with Crippen molar-refractivity contribution in [3.05, 3.63) is 18.1 Å². The van der Waals surface area contributed by atoms with E-state index in [2.05, 4.69) is 9.97 Å². The molecule has 0 aliphatic carbocycles. The number of carboxylic acid groups (broad SMARTS) is 2. The molecule has 0 aliphatic heterocycles. The fourth-order valence-electron chi connectivity index (χ4n) is 1.17. The van der Waals surface area contributed by atoms with Crippen molar-refractivity contribution in [1.29, 1.82) is 5.26 Å². The summed E-state index contributed by atoms with van der Waals surface area (Å²) in [6, 6.07) is 1.72. The molecule has 17 heavy (non-hydrogen) atoms.